The fourth-order valence-corrected chi connectivity index (χ4v) is 1.56. The number of hydrogen-bond donors (Lipinski definition) is 0. The van der Waals surface area contributed by atoms with Crippen LogP contribution in [-0.2, 0) is 11.3 Å². The van der Waals surface area contributed by atoms with E-state index in [0.717, 1.165) is 0 Å². The SMILES string of the molecule is CCOC(C)(C)Cn1nnnc1C(C)Cl. The fourth-order valence-electron chi connectivity index (χ4n) is 1.41. The van der Waals surface area contributed by atoms with Gasteiger partial charge in [-0.2, -0.15) is 0 Å². The second-order valence-electron chi connectivity index (χ2n) is 4.00. The van der Waals surface area contributed by atoms with Gasteiger partial charge in [-0.3, -0.25) is 0 Å². The molecular weight excluding hydrogens is 216 g/mol. The zero-order valence-electron chi connectivity index (χ0n) is 9.57. The Bertz CT molecular complexity index is 311. The van der Waals surface area contributed by atoms with E-state index in [0.29, 0.717) is 19.0 Å². The van der Waals surface area contributed by atoms with Crippen molar-refractivity contribution in [1.29, 1.82) is 0 Å². The van der Waals surface area contributed by atoms with Gasteiger partial charge in [-0.1, -0.05) is 0 Å². The Kier molecular flexibility index (Phi) is 4.04. The van der Waals surface area contributed by atoms with Crippen LogP contribution in [0.2, 0.25) is 0 Å². The number of rotatable bonds is 5. The van der Waals surface area contributed by atoms with Gasteiger partial charge in [0.15, 0.2) is 5.82 Å². The minimum Gasteiger partial charge on any atom is -0.374 e. The first kappa shape index (κ1) is 12.4. The summed E-state index contributed by atoms with van der Waals surface area (Å²) < 4.78 is 7.27. The highest BCUT2D eigenvalue weighted by Gasteiger charge is 2.22. The van der Waals surface area contributed by atoms with Gasteiger partial charge in [-0.05, 0) is 38.1 Å². The van der Waals surface area contributed by atoms with Crippen molar-refractivity contribution in [2.24, 2.45) is 0 Å². The van der Waals surface area contributed by atoms with Crippen molar-refractivity contribution in [3.05, 3.63) is 5.82 Å². The van der Waals surface area contributed by atoms with E-state index in [1.54, 1.807) is 4.68 Å². The van der Waals surface area contributed by atoms with Gasteiger partial charge in [0.2, 0.25) is 0 Å². The lowest BCUT2D eigenvalue weighted by molar-refractivity contribution is -0.0255. The van der Waals surface area contributed by atoms with Crippen LogP contribution in [0.25, 0.3) is 0 Å². The molecule has 6 heteroatoms. The molecule has 0 aliphatic rings. The summed E-state index contributed by atoms with van der Waals surface area (Å²) in [4.78, 5) is 0. The van der Waals surface area contributed by atoms with Crippen LogP contribution >= 0.6 is 11.6 Å². The van der Waals surface area contributed by atoms with Crippen LogP contribution in [0, 0.1) is 0 Å². The number of alkyl halides is 1. The molecule has 0 N–H and O–H groups in total. The molecule has 15 heavy (non-hydrogen) atoms. The lowest BCUT2D eigenvalue weighted by atomic mass is 10.1. The monoisotopic (exact) mass is 232 g/mol. The molecule has 0 fully saturated rings. The molecule has 0 radical (unpaired) electrons. The standard InChI is InChI=1S/C9H17ClN4O/c1-5-15-9(3,4)6-14-8(7(2)10)11-12-13-14/h7H,5-6H2,1-4H3. The third-order valence-corrected chi connectivity index (χ3v) is 2.18. The van der Waals surface area contributed by atoms with E-state index in [9.17, 15) is 0 Å². The maximum atomic E-state index is 5.95. The summed E-state index contributed by atoms with van der Waals surface area (Å²) in [7, 11) is 0. The largest absolute Gasteiger partial charge is 0.374 e. The van der Waals surface area contributed by atoms with Crippen LogP contribution in [0.15, 0.2) is 0 Å². The lowest BCUT2D eigenvalue weighted by Crippen LogP contribution is -2.32. The molecule has 0 aliphatic heterocycles. The Hall–Kier alpha value is -0.680. The zero-order chi connectivity index (χ0) is 11.5. The van der Waals surface area contributed by atoms with E-state index in [1.165, 1.54) is 0 Å². The first-order valence-electron chi connectivity index (χ1n) is 5.00. The van der Waals surface area contributed by atoms with Gasteiger partial charge < -0.3 is 4.74 Å². The van der Waals surface area contributed by atoms with Gasteiger partial charge in [0.1, 0.15) is 0 Å². The first-order valence-corrected chi connectivity index (χ1v) is 5.44. The van der Waals surface area contributed by atoms with Gasteiger partial charge in [0.05, 0.1) is 17.5 Å². The second-order valence-corrected chi connectivity index (χ2v) is 4.66. The van der Waals surface area contributed by atoms with Crippen molar-refractivity contribution in [3.63, 3.8) is 0 Å². The number of ether oxygens (including phenoxy) is 1. The van der Waals surface area contributed by atoms with E-state index >= 15 is 0 Å². The Morgan fingerprint density at radius 1 is 1.53 bits per heavy atom. The van der Waals surface area contributed by atoms with E-state index in [-0.39, 0.29) is 11.0 Å². The maximum Gasteiger partial charge on any atom is 0.168 e. The molecule has 1 atom stereocenters. The molecule has 0 aliphatic carbocycles. The molecule has 0 spiro atoms. The molecule has 0 aromatic carbocycles. The highest BCUT2D eigenvalue weighted by atomic mass is 35.5. The molecule has 86 valence electrons. The minimum atomic E-state index is -0.287. The zero-order valence-corrected chi connectivity index (χ0v) is 10.3. The Morgan fingerprint density at radius 3 is 2.73 bits per heavy atom. The predicted molar refractivity (Wildman–Crippen MR) is 57.8 cm³/mol. The van der Waals surface area contributed by atoms with Crippen molar-refractivity contribution in [2.75, 3.05) is 6.61 Å². The van der Waals surface area contributed by atoms with Crippen molar-refractivity contribution in [2.45, 2.75) is 45.2 Å². The van der Waals surface area contributed by atoms with Crippen molar-refractivity contribution in [3.8, 4) is 0 Å². The van der Waals surface area contributed by atoms with Crippen molar-refractivity contribution >= 4 is 11.6 Å². The molecule has 0 saturated carbocycles. The molecule has 1 unspecified atom stereocenters. The molecule has 1 aromatic heterocycles. The highest BCUT2D eigenvalue weighted by Crippen LogP contribution is 2.18. The lowest BCUT2D eigenvalue weighted by Gasteiger charge is -2.24. The Balaban J connectivity index is 2.75. The summed E-state index contributed by atoms with van der Waals surface area (Å²) >= 11 is 5.95. The van der Waals surface area contributed by atoms with Crippen LogP contribution in [0.3, 0.4) is 0 Å². The van der Waals surface area contributed by atoms with Gasteiger partial charge >= 0.3 is 0 Å². The molecule has 1 heterocycles. The number of aromatic nitrogens is 4. The predicted octanol–water partition coefficient (Wildman–Crippen LogP) is 1.79. The summed E-state index contributed by atoms with van der Waals surface area (Å²) in [6.45, 7) is 9.08. The van der Waals surface area contributed by atoms with Gasteiger partial charge in [-0.25, -0.2) is 4.68 Å². The molecule has 1 rings (SSSR count). The summed E-state index contributed by atoms with van der Waals surface area (Å²) in [5.74, 6) is 0.671. The normalized spacial score (nSPS) is 14.2. The number of nitrogens with zero attached hydrogens (tertiary/aromatic N) is 4. The summed E-state index contributed by atoms with van der Waals surface area (Å²) in [6.07, 6.45) is 0. The molecule has 5 nitrogen and oxygen atoms in total. The van der Waals surface area contributed by atoms with Crippen LogP contribution < -0.4 is 0 Å². The average Bonchev–Trinajstić information content (AvgIpc) is 2.50. The first-order chi connectivity index (χ1) is 6.96. The van der Waals surface area contributed by atoms with Crippen LogP contribution in [0.4, 0.5) is 0 Å². The van der Waals surface area contributed by atoms with Crippen molar-refractivity contribution < 1.29 is 4.74 Å². The second kappa shape index (κ2) is 4.90. The molecule has 0 amide bonds. The van der Waals surface area contributed by atoms with Crippen molar-refractivity contribution in [1.82, 2.24) is 20.2 Å². The molecule has 1 aromatic rings. The number of halogens is 1. The maximum absolute atomic E-state index is 5.95. The average molecular weight is 233 g/mol. The quantitative estimate of drug-likeness (QED) is 0.727. The van der Waals surface area contributed by atoms with E-state index in [1.807, 2.05) is 27.7 Å². The van der Waals surface area contributed by atoms with Crippen LogP contribution in [0.5, 0.6) is 0 Å². The third-order valence-electron chi connectivity index (χ3n) is 1.98. The topological polar surface area (TPSA) is 52.8 Å². The van der Waals surface area contributed by atoms with E-state index < -0.39 is 0 Å². The smallest absolute Gasteiger partial charge is 0.168 e. The van der Waals surface area contributed by atoms with Gasteiger partial charge in [-0.15, -0.1) is 16.7 Å². The van der Waals surface area contributed by atoms with Crippen LogP contribution in [-0.4, -0.2) is 32.4 Å². The summed E-state index contributed by atoms with van der Waals surface area (Å²) in [6, 6.07) is 0. The van der Waals surface area contributed by atoms with E-state index in [4.69, 9.17) is 16.3 Å². The highest BCUT2D eigenvalue weighted by molar-refractivity contribution is 6.20. The fraction of sp³-hybridized carbons (Fsp3) is 0.889. The number of tetrazole rings is 1. The minimum absolute atomic E-state index is 0.197. The molecular formula is C9H17ClN4O. The van der Waals surface area contributed by atoms with Crippen LogP contribution in [0.1, 0.15) is 38.9 Å². The molecule has 0 saturated heterocycles. The Labute approximate surface area is 94.8 Å². The third kappa shape index (κ3) is 3.43. The molecule has 0 bridgehead atoms. The summed E-state index contributed by atoms with van der Waals surface area (Å²) in [5, 5.41) is 11.2. The number of hydrogen-bond acceptors (Lipinski definition) is 4. The Morgan fingerprint density at radius 2 is 2.20 bits per heavy atom. The van der Waals surface area contributed by atoms with Gasteiger partial charge in [0.25, 0.3) is 0 Å². The summed E-state index contributed by atoms with van der Waals surface area (Å²) in [5.41, 5.74) is -0.287. The van der Waals surface area contributed by atoms with E-state index in [2.05, 4.69) is 15.5 Å². The van der Waals surface area contributed by atoms with Gasteiger partial charge in [0, 0.05) is 6.61 Å².